The average Bonchev–Trinajstić information content (AvgIpc) is 3.21. The van der Waals surface area contributed by atoms with Gasteiger partial charge >= 0.3 is 0 Å². The van der Waals surface area contributed by atoms with E-state index in [0.717, 1.165) is 23.9 Å². The number of hydrogen-bond acceptors (Lipinski definition) is 5. The van der Waals surface area contributed by atoms with E-state index in [-0.39, 0.29) is 35.6 Å². The van der Waals surface area contributed by atoms with Gasteiger partial charge < -0.3 is 19.4 Å². The Balaban J connectivity index is 1.34. The molecule has 1 atom stereocenters. The maximum Gasteiger partial charge on any atom is 0.298 e. The van der Waals surface area contributed by atoms with Crippen LogP contribution < -0.4 is 15.0 Å². The minimum absolute atomic E-state index is 0.0132. The number of amides is 1. The lowest BCUT2D eigenvalue weighted by Gasteiger charge is -2.35. The molecule has 7 heteroatoms. The molecule has 1 aliphatic heterocycles. The van der Waals surface area contributed by atoms with Crippen LogP contribution in [-0.2, 0) is 4.79 Å². The van der Waals surface area contributed by atoms with E-state index >= 15 is 0 Å². The molecule has 1 aromatic heterocycles. The molecule has 3 aromatic rings. The second kappa shape index (κ2) is 9.18. The van der Waals surface area contributed by atoms with Crippen molar-refractivity contribution in [3.05, 3.63) is 54.3 Å². The van der Waals surface area contributed by atoms with Gasteiger partial charge in [-0.05, 0) is 42.5 Å². The van der Waals surface area contributed by atoms with Gasteiger partial charge in [0, 0.05) is 19.0 Å². The Morgan fingerprint density at radius 1 is 1.19 bits per heavy atom. The zero-order valence-corrected chi connectivity index (χ0v) is 18.8. The van der Waals surface area contributed by atoms with Gasteiger partial charge in [0.25, 0.3) is 6.01 Å². The number of halogens is 1. The summed E-state index contributed by atoms with van der Waals surface area (Å²) in [6.07, 6.45) is 1.44. The van der Waals surface area contributed by atoms with Crippen LogP contribution in [0.2, 0.25) is 0 Å². The monoisotopic (exact) mass is 439 g/mol. The lowest BCUT2D eigenvalue weighted by atomic mass is 9.86. The zero-order valence-electron chi connectivity index (χ0n) is 18.8. The summed E-state index contributed by atoms with van der Waals surface area (Å²) in [5.74, 6) is -0.283. The third-order valence-corrected chi connectivity index (χ3v) is 6.02. The van der Waals surface area contributed by atoms with Crippen molar-refractivity contribution >= 4 is 23.0 Å². The van der Waals surface area contributed by atoms with Crippen molar-refractivity contribution in [2.75, 3.05) is 24.6 Å². The van der Waals surface area contributed by atoms with Gasteiger partial charge in [0.2, 0.25) is 5.91 Å². The Morgan fingerprint density at radius 2 is 1.88 bits per heavy atom. The van der Waals surface area contributed by atoms with Gasteiger partial charge in [-0.3, -0.25) is 4.79 Å². The third kappa shape index (κ3) is 5.03. The van der Waals surface area contributed by atoms with E-state index in [0.29, 0.717) is 19.1 Å². The minimum Gasteiger partial charge on any atom is -0.488 e. The summed E-state index contributed by atoms with van der Waals surface area (Å²) in [5, 5.41) is 3.15. The molecular formula is C25H30FN3O3. The third-order valence-electron chi connectivity index (χ3n) is 6.02. The number of para-hydroxylation sites is 3. The maximum absolute atomic E-state index is 13.9. The number of anilines is 1. The summed E-state index contributed by atoms with van der Waals surface area (Å²) in [6, 6.07) is 14.4. The highest BCUT2D eigenvalue weighted by Gasteiger charge is 2.32. The molecule has 2 heterocycles. The molecule has 1 unspecified atom stereocenters. The molecule has 32 heavy (non-hydrogen) atoms. The Bertz CT molecular complexity index is 1030. The van der Waals surface area contributed by atoms with Crippen LogP contribution in [0, 0.1) is 17.2 Å². The summed E-state index contributed by atoms with van der Waals surface area (Å²) in [4.78, 5) is 19.7. The zero-order chi connectivity index (χ0) is 22.7. The summed E-state index contributed by atoms with van der Waals surface area (Å²) < 4.78 is 25.5. The molecule has 0 bridgehead atoms. The van der Waals surface area contributed by atoms with Gasteiger partial charge in [0.1, 0.15) is 12.1 Å². The number of carbonyl (C=O) groups is 1. The molecule has 1 fully saturated rings. The molecule has 2 aromatic carbocycles. The predicted molar refractivity (Wildman–Crippen MR) is 122 cm³/mol. The summed E-state index contributed by atoms with van der Waals surface area (Å²) in [6.45, 7) is 7.74. The molecule has 1 N–H and O–H groups in total. The number of ether oxygens (including phenoxy) is 1. The maximum atomic E-state index is 13.9. The topological polar surface area (TPSA) is 67.6 Å². The molecule has 1 aliphatic rings. The first-order chi connectivity index (χ1) is 15.3. The largest absolute Gasteiger partial charge is 0.488 e. The van der Waals surface area contributed by atoms with Crippen LogP contribution >= 0.6 is 0 Å². The van der Waals surface area contributed by atoms with Gasteiger partial charge in [0.15, 0.2) is 17.1 Å². The van der Waals surface area contributed by atoms with Crippen molar-refractivity contribution in [1.29, 1.82) is 0 Å². The van der Waals surface area contributed by atoms with E-state index < -0.39 is 5.82 Å². The molecular weight excluding hydrogens is 409 g/mol. The summed E-state index contributed by atoms with van der Waals surface area (Å²) >= 11 is 0. The number of piperidine rings is 1. The van der Waals surface area contributed by atoms with Gasteiger partial charge in [-0.25, -0.2) is 4.39 Å². The van der Waals surface area contributed by atoms with Gasteiger partial charge in [-0.2, -0.15) is 4.98 Å². The van der Waals surface area contributed by atoms with E-state index in [1.54, 1.807) is 18.2 Å². The number of nitrogens with one attached hydrogen (secondary N) is 1. The number of hydrogen-bond donors (Lipinski definition) is 1. The SMILES string of the molecule is CC(C)(C)C(COc1ccccc1F)NC(=O)C1CCN(c2nc3ccccc3o2)CC1. The number of fused-ring (bicyclic) bond motifs is 1. The number of oxazole rings is 1. The first-order valence-corrected chi connectivity index (χ1v) is 11.1. The smallest absolute Gasteiger partial charge is 0.298 e. The number of aromatic nitrogens is 1. The van der Waals surface area contributed by atoms with Gasteiger partial charge in [-0.15, -0.1) is 0 Å². The van der Waals surface area contributed by atoms with Crippen molar-refractivity contribution < 1.29 is 18.3 Å². The summed E-state index contributed by atoms with van der Waals surface area (Å²) in [5.41, 5.74) is 1.37. The molecule has 0 spiro atoms. The highest BCUT2D eigenvalue weighted by molar-refractivity contribution is 5.79. The second-order valence-electron chi connectivity index (χ2n) is 9.39. The molecule has 0 saturated carbocycles. The van der Waals surface area contributed by atoms with Crippen LogP contribution in [0.1, 0.15) is 33.6 Å². The Kier molecular flexibility index (Phi) is 6.35. The molecule has 0 radical (unpaired) electrons. The van der Waals surface area contributed by atoms with Crippen molar-refractivity contribution in [1.82, 2.24) is 10.3 Å². The van der Waals surface area contributed by atoms with Crippen molar-refractivity contribution in [3.63, 3.8) is 0 Å². The molecule has 4 rings (SSSR count). The van der Waals surface area contributed by atoms with Crippen molar-refractivity contribution in [3.8, 4) is 5.75 Å². The predicted octanol–water partition coefficient (Wildman–Crippen LogP) is 4.79. The van der Waals surface area contributed by atoms with E-state index in [4.69, 9.17) is 9.15 Å². The van der Waals surface area contributed by atoms with Crippen molar-refractivity contribution in [2.45, 2.75) is 39.7 Å². The minimum atomic E-state index is -0.405. The average molecular weight is 440 g/mol. The van der Waals surface area contributed by atoms with Crippen molar-refractivity contribution in [2.24, 2.45) is 11.3 Å². The lowest BCUT2D eigenvalue weighted by Crippen LogP contribution is -2.51. The highest BCUT2D eigenvalue weighted by atomic mass is 19.1. The molecule has 170 valence electrons. The number of rotatable bonds is 6. The first kappa shape index (κ1) is 22.1. The lowest BCUT2D eigenvalue weighted by molar-refractivity contribution is -0.127. The summed E-state index contributed by atoms with van der Waals surface area (Å²) in [7, 11) is 0. The standard InChI is InChI=1S/C25H30FN3O3/c1-25(2,3)22(16-31-20-10-6-4-8-18(20)26)28-23(30)17-12-14-29(15-13-17)24-27-19-9-5-7-11-21(19)32-24/h4-11,17,22H,12-16H2,1-3H3,(H,28,30). The van der Waals surface area contributed by atoms with E-state index in [2.05, 4.69) is 15.2 Å². The first-order valence-electron chi connectivity index (χ1n) is 11.1. The fourth-order valence-electron chi connectivity index (χ4n) is 3.86. The van der Waals surface area contributed by atoms with Crippen LogP contribution in [0.25, 0.3) is 11.1 Å². The van der Waals surface area contributed by atoms with Crippen LogP contribution in [0.3, 0.4) is 0 Å². The number of benzene rings is 2. The van der Waals surface area contributed by atoms with Gasteiger partial charge in [0.05, 0.1) is 6.04 Å². The Morgan fingerprint density at radius 3 is 2.56 bits per heavy atom. The van der Waals surface area contributed by atoms with E-state index in [9.17, 15) is 9.18 Å². The van der Waals surface area contributed by atoms with Crippen LogP contribution in [0.5, 0.6) is 5.75 Å². The molecule has 6 nitrogen and oxygen atoms in total. The Labute approximate surface area is 187 Å². The van der Waals surface area contributed by atoms with E-state index in [1.165, 1.54) is 6.07 Å². The fraction of sp³-hybridized carbons (Fsp3) is 0.440. The highest BCUT2D eigenvalue weighted by Crippen LogP contribution is 2.27. The normalized spacial score (nSPS) is 16.2. The molecule has 0 aliphatic carbocycles. The fourth-order valence-corrected chi connectivity index (χ4v) is 3.86. The number of nitrogens with zero attached hydrogens (tertiary/aromatic N) is 2. The van der Waals surface area contributed by atoms with Crippen LogP contribution in [0.4, 0.5) is 10.4 Å². The van der Waals surface area contributed by atoms with E-state index in [1.807, 2.05) is 45.0 Å². The van der Waals surface area contributed by atoms with Crippen LogP contribution in [-0.4, -0.2) is 36.6 Å². The molecule has 1 amide bonds. The number of carbonyl (C=O) groups excluding carboxylic acids is 1. The second-order valence-corrected chi connectivity index (χ2v) is 9.39. The van der Waals surface area contributed by atoms with Crippen LogP contribution in [0.15, 0.2) is 52.9 Å². The quantitative estimate of drug-likeness (QED) is 0.598. The van der Waals surface area contributed by atoms with Gasteiger partial charge in [-0.1, -0.05) is 45.0 Å². The Hall–Kier alpha value is -3.09. The molecule has 1 saturated heterocycles.